The van der Waals surface area contributed by atoms with Gasteiger partial charge in [0.05, 0.1) is 11.1 Å². The van der Waals surface area contributed by atoms with E-state index in [4.69, 9.17) is 0 Å². The molecule has 0 aliphatic carbocycles. The maximum atomic E-state index is 11.7. The zero-order chi connectivity index (χ0) is 19.1. The smallest absolute Gasteiger partial charge is 0.0926 e. The van der Waals surface area contributed by atoms with Crippen LogP contribution in [0.3, 0.4) is 0 Å². The number of benzene rings is 2. The molecule has 0 spiro atoms. The van der Waals surface area contributed by atoms with Crippen molar-refractivity contribution in [2.75, 3.05) is 0 Å². The van der Waals surface area contributed by atoms with Crippen LogP contribution >= 0.6 is 0 Å². The number of piperidine rings is 2. The molecule has 0 radical (unpaired) electrons. The third kappa shape index (κ3) is 3.23. The number of fused-ring (bicyclic) bond motifs is 3. The van der Waals surface area contributed by atoms with E-state index in [1.807, 2.05) is 13.0 Å². The van der Waals surface area contributed by atoms with Crippen molar-refractivity contribution in [2.45, 2.75) is 63.3 Å². The number of aryl methyl sites for hydroxylation is 1. The quantitative estimate of drug-likeness (QED) is 0.707. The van der Waals surface area contributed by atoms with E-state index < -0.39 is 5.60 Å². The summed E-state index contributed by atoms with van der Waals surface area (Å²) < 4.78 is 0. The monoisotopic (exact) mass is 372 g/mol. The molecule has 2 aromatic carbocycles. The van der Waals surface area contributed by atoms with Crippen molar-refractivity contribution in [3.05, 3.63) is 77.5 Å². The van der Waals surface area contributed by atoms with Gasteiger partial charge in [0.15, 0.2) is 0 Å². The van der Waals surface area contributed by atoms with Crippen LogP contribution in [0.2, 0.25) is 0 Å². The van der Waals surface area contributed by atoms with Crippen LogP contribution in [0.25, 0.3) is 10.9 Å². The van der Waals surface area contributed by atoms with Crippen LogP contribution in [0.1, 0.15) is 48.9 Å². The van der Waals surface area contributed by atoms with Crippen molar-refractivity contribution in [1.82, 2.24) is 9.88 Å². The van der Waals surface area contributed by atoms with E-state index in [-0.39, 0.29) is 0 Å². The largest absolute Gasteiger partial charge is 0.385 e. The molecule has 2 aliphatic rings. The van der Waals surface area contributed by atoms with E-state index in [2.05, 4.69) is 64.5 Å². The topological polar surface area (TPSA) is 36.4 Å². The number of aromatic nitrogens is 1. The minimum atomic E-state index is -0.734. The Labute approximate surface area is 167 Å². The molecule has 3 nitrogen and oxygen atoms in total. The third-order valence-electron chi connectivity index (χ3n) is 6.73. The fourth-order valence-electron chi connectivity index (χ4n) is 5.33. The van der Waals surface area contributed by atoms with E-state index in [1.54, 1.807) is 0 Å². The molecule has 2 bridgehead atoms. The van der Waals surface area contributed by atoms with E-state index in [9.17, 15) is 5.11 Å². The van der Waals surface area contributed by atoms with Crippen molar-refractivity contribution < 1.29 is 5.11 Å². The third-order valence-corrected chi connectivity index (χ3v) is 6.73. The van der Waals surface area contributed by atoms with Crippen LogP contribution in [-0.2, 0) is 12.1 Å². The molecule has 2 fully saturated rings. The molecule has 2 atom stereocenters. The molecule has 1 aromatic heterocycles. The van der Waals surface area contributed by atoms with Crippen molar-refractivity contribution in [2.24, 2.45) is 0 Å². The number of aliphatic hydroxyl groups is 1. The highest BCUT2D eigenvalue weighted by molar-refractivity contribution is 5.79. The van der Waals surface area contributed by atoms with Crippen LogP contribution in [-0.4, -0.2) is 27.1 Å². The lowest BCUT2D eigenvalue weighted by Gasteiger charge is -2.52. The van der Waals surface area contributed by atoms with Gasteiger partial charge in [-0.1, -0.05) is 48.9 Å². The molecule has 2 aliphatic heterocycles. The maximum absolute atomic E-state index is 11.7. The first-order chi connectivity index (χ1) is 13.6. The maximum Gasteiger partial charge on any atom is 0.0926 e. The molecular weight excluding hydrogens is 344 g/mol. The van der Waals surface area contributed by atoms with Gasteiger partial charge in [-0.05, 0) is 61.9 Å². The summed E-state index contributed by atoms with van der Waals surface area (Å²) in [6, 6.07) is 22.1. The first kappa shape index (κ1) is 17.8. The summed E-state index contributed by atoms with van der Waals surface area (Å²) in [4.78, 5) is 7.26. The van der Waals surface area contributed by atoms with Crippen molar-refractivity contribution >= 4 is 10.9 Å². The first-order valence-electron chi connectivity index (χ1n) is 10.5. The highest BCUT2D eigenvalue weighted by Gasteiger charge is 2.46. The second kappa shape index (κ2) is 6.98. The van der Waals surface area contributed by atoms with Gasteiger partial charge in [0, 0.05) is 29.7 Å². The summed E-state index contributed by atoms with van der Waals surface area (Å²) >= 11 is 0. The van der Waals surface area contributed by atoms with Gasteiger partial charge in [-0.25, -0.2) is 0 Å². The number of hydrogen-bond donors (Lipinski definition) is 1. The van der Waals surface area contributed by atoms with E-state index in [0.717, 1.165) is 41.5 Å². The Bertz CT molecular complexity index is 970. The molecule has 3 aromatic rings. The molecule has 3 heteroatoms. The van der Waals surface area contributed by atoms with Gasteiger partial charge in [0.25, 0.3) is 0 Å². The minimum Gasteiger partial charge on any atom is -0.385 e. The lowest BCUT2D eigenvalue weighted by molar-refractivity contribution is -0.0998. The second-order valence-corrected chi connectivity index (χ2v) is 8.70. The van der Waals surface area contributed by atoms with Gasteiger partial charge < -0.3 is 5.11 Å². The van der Waals surface area contributed by atoms with Gasteiger partial charge in [-0.15, -0.1) is 0 Å². The molecular formula is C25H28N2O. The van der Waals surface area contributed by atoms with Crippen LogP contribution in [0.5, 0.6) is 0 Å². The van der Waals surface area contributed by atoms with Crippen LogP contribution in [0.15, 0.2) is 60.7 Å². The zero-order valence-corrected chi connectivity index (χ0v) is 16.5. The number of pyridine rings is 1. The Kier molecular flexibility index (Phi) is 4.45. The lowest BCUT2D eigenvalue weighted by Crippen LogP contribution is -2.56. The summed E-state index contributed by atoms with van der Waals surface area (Å²) in [5.41, 5.74) is 3.73. The molecule has 2 saturated heterocycles. The van der Waals surface area contributed by atoms with Crippen LogP contribution in [0.4, 0.5) is 0 Å². The SMILES string of the molecule is Cc1ccc2cc(C3(O)CC4CCCC(C3)N4Cc3ccccc3)ccc2n1. The molecule has 1 N–H and O–H groups in total. The molecule has 144 valence electrons. The zero-order valence-electron chi connectivity index (χ0n) is 16.5. The molecule has 0 saturated carbocycles. The summed E-state index contributed by atoms with van der Waals surface area (Å²) in [7, 11) is 0. The van der Waals surface area contributed by atoms with Gasteiger partial charge in [-0.3, -0.25) is 9.88 Å². The fraction of sp³-hybridized carbons (Fsp3) is 0.400. The highest BCUT2D eigenvalue weighted by atomic mass is 16.3. The van der Waals surface area contributed by atoms with Crippen LogP contribution < -0.4 is 0 Å². The predicted octanol–water partition coefficient (Wildman–Crippen LogP) is 4.95. The van der Waals surface area contributed by atoms with Gasteiger partial charge >= 0.3 is 0 Å². The lowest BCUT2D eigenvalue weighted by atomic mass is 9.72. The Balaban J connectivity index is 1.43. The molecule has 2 unspecified atom stereocenters. The summed E-state index contributed by atoms with van der Waals surface area (Å²) in [5.74, 6) is 0. The number of rotatable bonds is 3. The van der Waals surface area contributed by atoms with E-state index in [0.29, 0.717) is 12.1 Å². The highest BCUT2D eigenvalue weighted by Crippen LogP contribution is 2.45. The van der Waals surface area contributed by atoms with Crippen molar-refractivity contribution in [3.63, 3.8) is 0 Å². The van der Waals surface area contributed by atoms with Gasteiger partial charge in [0.2, 0.25) is 0 Å². The standard InChI is InChI=1S/C25H28N2O/c1-18-10-11-20-14-21(12-13-24(20)26-18)25(28)15-22-8-5-9-23(16-25)27(22)17-19-6-3-2-4-7-19/h2-4,6-7,10-14,22-23,28H,5,8-9,15-17H2,1H3. The van der Waals surface area contributed by atoms with E-state index in [1.165, 1.54) is 24.8 Å². The van der Waals surface area contributed by atoms with E-state index >= 15 is 0 Å². The average molecular weight is 373 g/mol. The minimum absolute atomic E-state index is 0.449. The molecule has 5 rings (SSSR count). The number of hydrogen-bond acceptors (Lipinski definition) is 3. The van der Waals surface area contributed by atoms with Crippen molar-refractivity contribution in [3.8, 4) is 0 Å². The average Bonchev–Trinajstić information content (AvgIpc) is 2.69. The Hall–Kier alpha value is -2.23. The summed E-state index contributed by atoms with van der Waals surface area (Å²) in [6.45, 7) is 3.01. The normalized spacial score (nSPS) is 27.8. The molecule has 3 heterocycles. The van der Waals surface area contributed by atoms with Crippen molar-refractivity contribution in [1.29, 1.82) is 0 Å². The van der Waals surface area contributed by atoms with Crippen LogP contribution in [0, 0.1) is 6.92 Å². The van der Waals surface area contributed by atoms with Gasteiger partial charge in [-0.2, -0.15) is 0 Å². The number of nitrogens with zero attached hydrogens (tertiary/aromatic N) is 2. The molecule has 28 heavy (non-hydrogen) atoms. The summed E-state index contributed by atoms with van der Waals surface area (Å²) in [6.07, 6.45) is 5.28. The Morgan fingerprint density at radius 1 is 1.00 bits per heavy atom. The Morgan fingerprint density at radius 2 is 1.75 bits per heavy atom. The predicted molar refractivity (Wildman–Crippen MR) is 113 cm³/mol. The first-order valence-corrected chi connectivity index (χ1v) is 10.5. The van der Waals surface area contributed by atoms with Gasteiger partial charge in [0.1, 0.15) is 0 Å². The Morgan fingerprint density at radius 3 is 2.50 bits per heavy atom. The second-order valence-electron chi connectivity index (χ2n) is 8.70. The molecule has 0 amide bonds. The summed E-state index contributed by atoms with van der Waals surface area (Å²) in [5, 5.41) is 12.8. The fourth-order valence-corrected chi connectivity index (χ4v) is 5.33.